The minimum Gasteiger partial charge on any atom is -0.460 e. The van der Waals surface area contributed by atoms with Gasteiger partial charge in [-0.05, 0) is 6.42 Å². The Bertz CT molecular complexity index is 865. The van der Waals surface area contributed by atoms with Crippen molar-refractivity contribution < 1.29 is 9.21 Å². The Balaban J connectivity index is 1.87. The first-order chi connectivity index (χ1) is 11.2. The normalized spacial score (nSPS) is 14.0. The summed E-state index contributed by atoms with van der Waals surface area (Å²) in [7, 11) is 0. The number of Topliss-reactive ketones (excluding diaryl/α,β-unsaturated/α-hetero) is 1. The Morgan fingerprint density at radius 1 is 1.22 bits per heavy atom. The fourth-order valence-corrected chi connectivity index (χ4v) is 3.27. The zero-order chi connectivity index (χ0) is 15.8. The smallest absolute Gasteiger partial charge is 0.166 e. The number of carbonyl (C=O) groups is 1. The van der Waals surface area contributed by atoms with Crippen LogP contribution in [0, 0.1) is 0 Å². The van der Waals surface area contributed by atoms with Gasteiger partial charge in [0.1, 0.15) is 11.5 Å². The average Bonchev–Trinajstić information content (AvgIpc) is 3.13. The first-order valence-electron chi connectivity index (χ1n) is 7.63. The van der Waals surface area contributed by atoms with Crippen molar-refractivity contribution in [2.45, 2.75) is 25.8 Å². The van der Waals surface area contributed by atoms with Crippen molar-refractivity contribution in [3.05, 3.63) is 64.6 Å². The highest BCUT2D eigenvalue weighted by molar-refractivity contribution is 6.30. The van der Waals surface area contributed by atoms with Gasteiger partial charge in [-0.2, -0.15) is 5.10 Å². The summed E-state index contributed by atoms with van der Waals surface area (Å²) in [6.45, 7) is 0.474. The van der Waals surface area contributed by atoms with Gasteiger partial charge in [-0.1, -0.05) is 41.9 Å². The summed E-state index contributed by atoms with van der Waals surface area (Å²) in [5.74, 6) is 1.72. The minimum atomic E-state index is 0.158. The standard InChI is InChI=1S/C18H15ClN2O2/c19-13-9-20-21(10-13)11-14-17-15(22)7-4-8-16(17)23-18(14)12-5-2-1-3-6-12/h1-3,5-6,9-10H,4,7-8,11H2. The van der Waals surface area contributed by atoms with E-state index in [1.165, 1.54) is 0 Å². The van der Waals surface area contributed by atoms with Crippen molar-refractivity contribution >= 4 is 17.4 Å². The number of aromatic nitrogens is 2. The number of rotatable bonds is 3. The Morgan fingerprint density at radius 3 is 2.78 bits per heavy atom. The van der Waals surface area contributed by atoms with Gasteiger partial charge in [0.25, 0.3) is 0 Å². The Labute approximate surface area is 138 Å². The Kier molecular flexibility index (Phi) is 3.54. The van der Waals surface area contributed by atoms with Gasteiger partial charge in [-0.15, -0.1) is 0 Å². The summed E-state index contributed by atoms with van der Waals surface area (Å²) in [6, 6.07) is 9.88. The van der Waals surface area contributed by atoms with Crippen LogP contribution in [-0.2, 0) is 13.0 Å². The van der Waals surface area contributed by atoms with Crippen LogP contribution in [0.1, 0.15) is 34.5 Å². The molecule has 0 amide bonds. The van der Waals surface area contributed by atoms with Gasteiger partial charge in [0.15, 0.2) is 5.78 Å². The van der Waals surface area contributed by atoms with E-state index in [-0.39, 0.29) is 5.78 Å². The molecule has 0 radical (unpaired) electrons. The zero-order valence-electron chi connectivity index (χ0n) is 12.5. The molecule has 0 saturated heterocycles. The summed E-state index contributed by atoms with van der Waals surface area (Å²) in [6.07, 6.45) is 5.58. The number of halogens is 1. The lowest BCUT2D eigenvalue weighted by atomic mass is 9.92. The van der Waals surface area contributed by atoms with E-state index in [0.29, 0.717) is 18.0 Å². The van der Waals surface area contributed by atoms with Crippen molar-refractivity contribution in [1.29, 1.82) is 0 Å². The molecule has 1 aromatic carbocycles. The van der Waals surface area contributed by atoms with Crippen LogP contribution in [0.5, 0.6) is 0 Å². The number of benzene rings is 1. The lowest BCUT2D eigenvalue weighted by Gasteiger charge is -2.10. The van der Waals surface area contributed by atoms with Gasteiger partial charge in [0, 0.05) is 30.2 Å². The van der Waals surface area contributed by atoms with Crippen LogP contribution in [0.4, 0.5) is 0 Å². The van der Waals surface area contributed by atoms with E-state index in [0.717, 1.165) is 41.1 Å². The molecule has 2 aromatic heterocycles. The SMILES string of the molecule is O=C1CCCc2oc(-c3ccccc3)c(Cn3cc(Cl)cn3)c21. The van der Waals surface area contributed by atoms with Crippen molar-refractivity contribution in [2.24, 2.45) is 0 Å². The van der Waals surface area contributed by atoms with Crippen LogP contribution in [0.15, 0.2) is 47.1 Å². The monoisotopic (exact) mass is 326 g/mol. The molecule has 0 unspecified atom stereocenters. The lowest BCUT2D eigenvalue weighted by molar-refractivity contribution is 0.0968. The van der Waals surface area contributed by atoms with E-state index < -0.39 is 0 Å². The van der Waals surface area contributed by atoms with Crippen LogP contribution >= 0.6 is 11.6 Å². The average molecular weight is 327 g/mol. The molecule has 116 valence electrons. The maximum Gasteiger partial charge on any atom is 0.166 e. The number of nitrogens with zero attached hydrogens (tertiary/aromatic N) is 2. The number of aryl methyl sites for hydroxylation is 1. The van der Waals surface area contributed by atoms with E-state index in [4.69, 9.17) is 16.0 Å². The predicted octanol–water partition coefficient (Wildman–Crippen LogP) is 4.36. The molecule has 0 fully saturated rings. The third-order valence-electron chi connectivity index (χ3n) is 4.12. The summed E-state index contributed by atoms with van der Waals surface area (Å²) < 4.78 is 7.82. The third kappa shape index (κ3) is 2.59. The lowest BCUT2D eigenvalue weighted by Crippen LogP contribution is -2.12. The van der Waals surface area contributed by atoms with Crippen molar-refractivity contribution in [2.75, 3.05) is 0 Å². The van der Waals surface area contributed by atoms with Crippen LogP contribution in [0.3, 0.4) is 0 Å². The van der Waals surface area contributed by atoms with Gasteiger partial charge in [0.2, 0.25) is 0 Å². The molecule has 3 aromatic rings. The molecule has 4 rings (SSSR count). The van der Waals surface area contributed by atoms with Crippen molar-refractivity contribution in [3.8, 4) is 11.3 Å². The summed E-state index contributed by atoms with van der Waals surface area (Å²) in [5, 5.41) is 4.81. The van der Waals surface area contributed by atoms with Crippen LogP contribution in [0.25, 0.3) is 11.3 Å². The number of fused-ring (bicyclic) bond motifs is 1. The zero-order valence-corrected chi connectivity index (χ0v) is 13.2. The number of carbonyl (C=O) groups excluding carboxylic acids is 1. The Hall–Kier alpha value is -2.33. The molecule has 0 atom stereocenters. The van der Waals surface area contributed by atoms with E-state index in [9.17, 15) is 4.79 Å². The van der Waals surface area contributed by atoms with E-state index >= 15 is 0 Å². The predicted molar refractivity (Wildman–Crippen MR) is 87.8 cm³/mol. The maximum absolute atomic E-state index is 12.4. The molecule has 1 aliphatic carbocycles. The van der Waals surface area contributed by atoms with E-state index in [1.54, 1.807) is 17.1 Å². The summed E-state index contributed by atoms with van der Waals surface area (Å²) >= 11 is 5.96. The highest BCUT2D eigenvalue weighted by Crippen LogP contribution is 2.36. The molecule has 23 heavy (non-hydrogen) atoms. The number of hydrogen-bond donors (Lipinski definition) is 0. The fourth-order valence-electron chi connectivity index (χ4n) is 3.11. The van der Waals surface area contributed by atoms with Gasteiger partial charge in [-0.3, -0.25) is 9.48 Å². The third-order valence-corrected chi connectivity index (χ3v) is 4.32. The van der Waals surface area contributed by atoms with E-state index in [1.807, 2.05) is 30.3 Å². The van der Waals surface area contributed by atoms with E-state index in [2.05, 4.69) is 5.10 Å². The molecule has 0 N–H and O–H groups in total. The van der Waals surface area contributed by atoms with Crippen LogP contribution in [-0.4, -0.2) is 15.6 Å². The highest BCUT2D eigenvalue weighted by atomic mass is 35.5. The minimum absolute atomic E-state index is 0.158. The topological polar surface area (TPSA) is 48.0 Å². The molecule has 4 nitrogen and oxygen atoms in total. The number of hydrogen-bond acceptors (Lipinski definition) is 3. The second-order valence-electron chi connectivity index (χ2n) is 5.71. The van der Waals surface area contributed by atoms with Crippen LogP contribution < -0.4 is 0 Å². The second kappa shape index (κ2) is 5.70. The Morgan fingerprint density at radius 2 is 2.04 bits per heavy atom. The van der Waals surface area contributed by atoms with Gasteiger partial charge >= 0.3 is 0 Å². The second-order valence-corrected chi connectivity index (χ2v) is 6.14. The molecule has 0 spiro atoms. The summed E-state index contributed by atoms with van der Waals surface area (Å²) in [5.41, 5.74) is 2.61. The van der Waals surface area contributed by atoms with Crippen molar-refractivity contribution in [1.82, 2.24) is 9.78 Å². The fraction of sp³-hybridized carbons (Fsp3) is 0.222. The highest BCUT2D eigenvalue weighted by Gasteiger charge is 2.29. The number of furan rings is 1. The van der Waals surface area contributed by atoms with Crippen LogP contribution in [0.2, 0.25) is 5.02 Å². The van der Waals surface area contributed by atoms with Gasteiger partial charge < -0.3 is 4.42 Å². The molecular weight excluding hydrogens is 312 g/mol. The summed E-state index contributed by atoms with van der Waals surface area (Å²) in [4.78, 5) is 12.4. The molecule has 0 aliphatic heterocycles. The molecule has 0 saturated carbocycles. The molecule has 0 bridgehead atoms. The molecule has 2 heterocycles. The molecule has 5 heteroatoms. The molecule has 1 aliphatic rings. The van der Waals surface area contributed by atoms with Crippen molar-refractivity contribution in [3.63, 3.8) is 0 Å². The maximum atomic E-state index is 12.4. The quantitative estimate of drug-likeness (QED) is 0.718. The number of ketones is 1. The first-order valence-corrected chi connectivity index (χ1v) is 8.01. The molecular formula is C18H15ClN2O2. The van der Waals surface area contributed by atoms with Gasteiger partial charge in [0.05, 0.1) is 23.3 Å². The van der Waals surface area contributed by atoms with Gasteiger partial charge in [-0.25, -0.2) is 0 Å². The first kappa shape index (κ1) is 14.3. The largest absolute Gasteiger partial charge is 0.460 e.